The van der Waals surface area contributed by atoms with Gasteiger partial charge in [-0.2, -0.15) is 0 Å². The van der Waals surface area contributed by atoms with E-state index < -0.39 is 26.7 Å². The van der Waals surface area contributed by atoms with Crippen LogP contribution in [-0.2, 0) is 10.1 Å². The van der Waals surface area contributed by atoms with Gasteiger partial charge < -0.3 is 9.66 Å². The average molecular weight is 237 g/mol. The lowest BCUT2D eigenvalue weighted by molar-refractivity contribution is -0.0458. The van der Waals surface area contributed by atoms with Crippen molar-refractivity contribution in [3.63, 3.8) is 0 Å². The molecular weight excluding hydrogens is 231 g/mol. The van der Waals surface area contributed by atoms with Crippen LogP contribution in [0.2, 0.25) is 0 Å². The van der Waals surface area contributed by atoms with Gasteiger partial charge in [0.15, 0.2) is 4.90 Å². The summed E-state index contributed by atoms with van der Waals surface area (Å²) in [5.74, 6) is 0. The highest BCUT2D eigenvalue weighted by Gasteiger charge is 2.54. The summed E-state index contributed by atoms with van der Waals surface area (Å²) in [5.41, 5.74) is -5.00. The first-order valence-electron chi connectivity index (χ1n) is 3.96. The summed E-state index contributed by atoms with van der Waals surface area (Å²) in [7, 11) is -4.50. The van der Waals surface area contributed by atoms with E-state index >= 15 is 0 Å². The smallest absolute Gasteiger partial charge is 0.562 e. The Bertz CT molecular complexity index is 457. The lowest BCUT2D eigenvalue weighted by Gasteiger charge is -2.20. The Kier molecular flexibility index (Phi) is 2.14. The van der Waals surface area contributed by atoms with E-state index in [0.29, 0.717) is 0 Å². The number of halogens is 3. The van der Waals surface area contributed by atoms with Crippen molar-refractivity contribution in [1.29, 1.82) is 0 Å². The molecule has 0 aliphatic carbocycles. The van der Waals surface area contributed by atoms with E-state index in [1.165, 1.54) is 18.2 Å². The molecule has 0 fully saturated rings. The number of fused-ring (bicyclic) bond motifs is 1. The number of benzene rings is 1. The van der Waals surface area contributed by atoms with Crippen molar-refractivity contribution < 1.29 is 22.8 Å². The molecule has 0 saturated carbocycles. The highest BCUT2D eigenvalue weighted by atomic mass is 32.3. The minimum atomic E-state index is -4.96. The fourth-order valence-corrected chi connectivity index (χ4v) is 3.02. The van der Waals surface area contributed by atoms with E-state index in [0.717, 1.165) is 6.07 Å². The van der Waals surface area contributed by atoms with E-state index in [2.05, 4.69) is 4.36 Å². The van der Waals surface area contributed by atoms with Crippen molar-refractivity contribution in [3.8, 4) is 0 Å². The van der Waals surface area contributed by atoms with Crippen molar-refractivity contribution in [3.05, 3.63) is 29.8 Å². The Hall–Kier alpha value is -0.920. The van der Waals surface area contributed by atoms with Gasteiger partial charge >= 0.3 is 5.51 Å². The summed E-state index contributed by atoms with van der Waals surface area (Å²) in [6.07, 6.45) is -1.66. The number of aliphatic hydroxyl groups is 1. The maximum atomic E-state index is 12.5. The zero-order valence-corrected chi connectivity index (χ0v) is 8.05. The van der Waals surface area contributed by atoms with E-state index in [9.17, 15) is 22.8 Å². The Balaban J connectivity index is 2.69. The summed E-state index contributed by atoms with van der Waals surface area (Å²) >= 11 is 0. The summed E-state index contributed by atoms with van der Waals surface area (Å²) in [5, 5.41) is 9.23. The Morgan fingerprint density at radius 2 is 1.93 bits per heavy atom. The second-order valence-electron chi connectivity index (χ2n) is 2.99. The van der Waals surface area contributed by atoms with Crippen molar-refractivity contribution in [2.75, 3.05) is 0 Å². The highest BCUT2D eigenvalue weighted by Crippen LogP contribution is 2.46. The number of aliphatic hydroxyl groups excluding tert-OH is 1. The number of hydrogen-bond acceptors (Lipinski definition) is 3. The molecule has 2 unspecified atom stereocenters. The number of rotatable bonds is 0. The maximum Gasteiger partial charge on any atom is 0.562 e. The largest absolute Gasteiger partial charge is 0.619 e. The van der Waals surface area contributed by atoms with E-state index in [1.54, 1.807) is 0 Å². The maximum absolute atomic E-state index is 12.5. The Morgan fingerprint density at radius 1 is 1.33 bits per heavy atom. The summed E-state index contributed by atoms with van der Waals surface area (Å²) in [4.78, 5) is -0.440. The van der Waals surface area contributed by atoms with Gasteiger partial charge in [0.1, 0.15) is 0 Å². The molecule has 2 rings (SSSR count). The molecule has 0 amide bonds. The minimum absolute atomic E-state index is 0.0418. The molecule has 0 saturated heterocycles. The molecule has 1 aromatic rings. The van der Waals surface area contributed by atoms with Crippen molar-refractivity contribution >= 4 is 10.1 Å². The van der Waals surface area contributed by atoms with Gasteiger partial charge in [0, 0.05) is 0 Å². The SMILES string of the molecule is [O-][S+]1(C(F)(F)F)=NC(O)c2ccccc21. The number of alkyl halides is 3. The summed E-state index contributed by atoms with van der Waals surface area (Å²) in [6, 6.07) is 5.14. The molecule has 0 aromatic heterocycles. The quantitative estimate of drug-likeness (QED) is 0.702. The third-order valence-corrected chi connectivity index (χ3v) is 4.15. The second-order valence-corrected chi connectivity index (χ2v) is 5.15. The van der Waals surface area contributed by atoms with Gasteiger partial charge in [-0.15, -0.1) is 13.2 Å². The van der Waals surface area contributed by atoms with Gasteiger partial charge in [-0.25, -0.2) is 0 Å². The third kappa shape index (κ3) is 1.38. The lowest BCUT2D eigenvalue weighted by Crippen LogP contribution is -2.29. The van der Waals surface area contributed by atoms with Crippen molar-refractivity contribution in [2.24, 2.45) is 4.36 Å². The van der Waals surface area contributed by atoms with Crippen LogP contribution in [0.4, 0.5) is 13.2 Å². The first-order valence-corrected chi connectivity index (χ1v) is 5.47. The van der Waals surface area contributed by atoms with Crippen LogP contribution in [0.5, 0.6) is 0 Å². The molecule has 0 spiro atoms. The summed E-state index contributed by atoms with van der Waals surface area (Å²) in [6.45, 7) is 0. The van der Waals surface area contributed by atoms with Crippen LogP contribution in [-0.4, -0.2) is 15.2 Å². The van der Waals surface area contributed by atoms with Gasteiger partial charge in [0.05, 0.1) is 15.7 Å². The number of hydrogen-bond donors (Lipinski definition) is 1. The normalized spacial score (nSPS) is 29.8. The van der Waals surface area contributed by atoms with Crippen LogP contribution in [0.1, 0.15) is 11.8 Å². The Morgan fingerprint density at radius 3 is 2.53 bits per heavy atom. The van der Waals surface area contributed by atoms with Crippen LogP contribution in [0.3, 0.4) is 0 Å². The minimum Gasteiger partial charge on any atom is -0.619 e. The molecule has 2 atom stereocenters. The molecular formula is C8H6F3NO2S. The topological polar surface area (TPSA) is 55.7 Å². The molecule has 15 heavy (non-hydrogen) atoms. The third-order valence-electron chi connectivity index (χ3n) is 2.06. The van der Waals surface area contributed by atoms with Crippen LogP contribution >= 0.6 is 0 Å². The lowest BCUT2D eigenvalue weighted by atomic mass is 10.2. The molecule has 82 valence electrons. The zero-order chi connectivity index (χ0) is 11.3. The van der Waals surface area contributed by atoms with Gasteiger partial charge in [-0.05, 0) is 12.1 Å². The molecule has 0 radical (unpaired) electrons. The zero-order valence-electron chi connectivity index (χ0n) is 7.23. The van der Waals surface area contributed by atoms with Crippen LogP contribution < -0.4 is 0 Å². The van der Waals surface area contributed by atoms with Crippen LogP contribution in [0.25, 0.3) is 0 Å². The molecule has 1 aliphatic heterocycles. The fourth-order valence-electron chi connectivity index (χ4n) is 1.38. The predicted octanol–water partition coefficient (Wildman–Crippen LogP) is 2.04. The standard InChI is InChI=1S/C8H6F3NO2S/c9-8(10,11)15(14)6-4-2-1-3-5(6)7(13)12-15/h1-4,7,13H. The molecule has 1 N–H and O–H groups in total. The van der Waals surface area contributed by atoms with Crippen LogP contribution in [0.15, 0.2) is 33.5 Å². The first kappa shape index (κ1) is 10.6. The first-order chi connectivity index (χ1) is 6.86. The monoisotopic (exact) mass is 237 g/mol. The Labute approximate surface area is 84.4 Å². The summed E-state index contributed by atoms with van der Waals surface area (Å²) < 4.78 is 52.1. The average Bonchev–Trinajstić information content (AvgIpc) is 2.41. The fraction of sp³-hybridized carbons (Fsp3) is 0.250. The van der Waals surface area contributed by atoms with Crippen molar-refractivity contribution in [1.82, 2.24) is 0 Å². The molecule has 3 nitrogen and oxygen atoms in total. The molecule has 7 heteroatoms. The number of nitrogens with zero attached hydrogens (tertiary/aromatic N) is 1. The molecule has 1 aliphatic rings. The second kappa shape index (κ2) is 3.03. The predicted molar refractivity (Wildman–Crippen MR) is 46.3 cm³/mol. The van der Waals surface area contributed by atoms with E-state index in [1.807, 2.05) is 0 Å². The molecule has 0 bridgehead atoms. The van der Waals surface area contributed by atoms with Gasteiger partial charge in [-0.1, -0.05) is 16.5 Å². The highest BCUT2D eigenvalue weighted by molar-refractivity contribution is 8.01. The molecule has 1 aromatic carbocycles. The van der Waals surface area contributed by atoms with Gasteiger partial charge in [0.2, 0.25) is 6.23 Å². The van der Waals surface area contributed by atoms with Gasteiger partial charge in [-0.3, -0.25) is 0 Å². The molecule has 1 heterocycles. The van der Waals surface area contributed by atoms with Crippen LogP contribution in [0, 0.1) is 0 Å². The van der Waals surface area contributed by atoms with E-state index in [4.69, 9.17) is 0 Å². The van der Waals surface area contributed by atoms with Crippen molar-refractivity contribution in [2.45, 2.75) is 16.6 Å². The van der Waals surface area contributed by atoms with Gasteiger partial charge in [0.25, 0.3) is 0 Å². The van der Waals surface area contributed by atoms with E-state index in [-0.39, 0.29) is 5.56 Å².